The fourth-order valence-corrected chi connectivity index (χ4v) is 3.98. The smallest absolute Gasteiger partial charge is 0.258 e. The zero-order valence-electron chi connectivity index (χ0n) is 14.0. The molecule has 0 saturated heterocycles. The molecule has 0 unspecified atom stereocenters. The number of nitrogens with one attached hydrogen (secondary N) is 1. The molecule has 0 aliphatic rings. The van der Waals surface area contributed by atoms with Crippen molar-refractivity contribution < 1.29 is 9.53 Å². The van der Waals surface area contributed by atoms with Crippen LogP contribution in [0.1, 0.15) is 17.3 Å². The lowest BCUT2D eigenvalue weighted by Crippen LogP contribution is -2.12. The van der Waals surface area contributed by atoms with Gasteiger partial charge >= 0.3 is 0 Å². The van der Waals surface area contributed by atoms with Crippen LogP contribution in [0, 0.1) is 0 Å². The number of thiazole rings is 1. The number of halogens is 1. The quantitative estimate of drug-likeness (QED) is 0.488. The first-order valence-electron chi connectivity index (χ1n) is 8.17. The Balaban J connectivity index is 1.66. The normalized spacial score (nSPS) is 11.0. The second-order valence-electron chi connectivity index (χ2n) is 5.68. The average Bonchev–Trinajstić information content (AvgIpc) is 3.03. The van der Waals surface area contributed by atoms with Gasteiger partial charge in [-0.15, -0.1) is 0 Å². The first-order valence-corrected chi connectivity index (χ1v) is 9.37. The van der Waals surface area contributed by atoms with Crippen LogP contribution in [-0.2, 0) is 0 Å². The van der Waals surface area contributed by atoms with E-state index in [-0.39, 0.29) is 5.91 Å². The third kappa shape index (κ3) is 3.11. The molecule has 0 aliphatic heterocycles. The predicted molar refractivity (Wildman–Crippen MR) is 108 cm³/mol. The molecular formula is C20H15ClN2O2S. The Morgan fingerprint density at radius 2 is 1.96 bits per heavy atom. The molecule has 26 heavy (non-hydrogen) atoms. The summed E-state index contributed by atoms with van der Waals surface area (Å²) in [6.07, 6.45) is 0. The average molecular weight is 383 g/mol. The van der Waals surface area contributed by atoms with Crippen molar-refractivity contribution in [1.29, 1.82) is 0 Å². The molecule has 0 atom stereocenters. The summed E-state index contributed by atoms with van der Waals surface area (Å²) >= 11 is 7.65. The van der Waals surface area contributed by atoms with Gasteiger partial charge < -0.3 is 4.74 Å². The molecule has 130 valence electrons. The number of carbonyl (C=O) groups excluding carboxylic acids is 1. The Morgan fingerprint density at radius 1 is 1.15 bits per heavy atom. The maximum atomic E-state index is 12.8. The summed E-state index contributed by atoms with van der Waals surface area (Å²) in [5, 5.41) is 5.75. The zero-order chi connectivity index (χ0) is 18.1. The molecule has 1 amide bonds. The van der Waals surface area contributed by atoms with Crippen molar-refractivity contribution in [2.45, 2.75) is 6.92 Å². The minimum atomic E-state index is -0.207. The first-order chi connectivity index (χ1) is 12.7. The van der Waals surface area contributed by atoms with E-state index in [0.717, 1.165) is 26.7 Å². The van der Waals surface area contributed by atoms with Crippen LogP contribution in [0.5, 0.6) is 5.75 Å². The molecule has 0 aliphatic carbocycles. The molecule has 1 heterocycles. The van der Waals surface area contributed by atoms with Crippen molar-refractivity contribution in [3.05, 3.63) is 65.2 Å². The van der Waals surface area contributed by atoms with Gasteiger partial charge in [-0.3, -0.25) is 10.1 Å². The van der Waals surface area contributed by atoms with Gasteiger partial charge in [-0.1, -0.05) is 47.2 Å². The van der Waals surface area contributed by atoms with E-state index in [4.69, 9.17) is 16.3 Å². The lowest BCUT2D eigenvalue weighted by molar-refractivity contribution is 0.102. The van der Waals surface area contributed by atoms with Crippen LogP contribution in [0.2, 0.25) is 5.02 Å². The van der Waals surface area contributed by atoms with Gasteiger partial charge in [-0.25, -0.2) is 4.98 Å². The molecule has 0 bridgehead atoms. The molecule has 0 fully saturated rings. The Labute approximate surface area is 159 Å². The lowest BCUT2D eigenvalue weighted by Gasteiger charge is -2.07. The standard InChI is InChI=1S/C20H15ClN2O2S/c1-2-25-12-9-10-17-18(11-12)26-20(22-17)23-19(24)15-7-3-6-14-13(15)5-4-8-16(14)21/h3-11H,2H2,1H3,(H,22,23,24). The van der Waals surface area contributed by atoms with Gasteiger partial charge in [-0.2, -0.15) is 0 Å². The first kappa shape index (κ1) is 16.8. The number of hydrogen-bond acceptors (Lipinski definition) is 4. The summed E-state index contributed by atoms with van der Waals surface area (Å²) < 4.78 is 6.48. The number of nitrogens with zero attached hydrogens (tertiary/aromatic N) is 1. The minimum Gasteiger partial charge on any atom is -0.494 e. The van der Waals surface area contributed by atoms with Crippen LogP contribution in [0.4, 0.5) is 5.13 Å². The number of hydrogen-bond donors (Lipinski definition) is 1. The fraction of sp³-hybridized carbons (Fsp3) is 0.100. The highest BCUT2D eigenvalue weighted by Crippen LogP contribution is 2.31. The van der Waals surface area contributed by atoms with E-state index in [1.807, 2.05) is 55.5 Å². The molecule has 0 saturated carbocycles. The Hall–Kier alpha value is -2.63. The minimum absolute atomic E-state index is 0.207. The maximum Gasteiger partial charge on any atom is 0.258 e. The summed E-state index contributed by atoms with van der Waals surface area (Å²) in [5.41, 5.74) is 1.40. The van der Waals surface area contributed by atoms with E-state index < -0.39 is 0 Å². The summed E-state index contributed by atoms with van der Waals surface area (Å²) in [6.45, 7) is 2.55. The molecular weight excluding hydrogens is 368 g/mol. The third-order valence-corrected chi connectivity index (χ3v) is 5.27. The summed E-state index contributed by atoms with van der Waals surface area (Å²) in [6, 6.07) is 16.8. The van der Waals surface area contributed by atoms with Gasteiger partial charge in [-0.05, 0) is 42.6 Å². The monoisotopic (exact) mass is 382 g/mol. The number of benzene rings is 3. The van der Waals surface area contributed by atoms with Gasteiger partial charge in [0.1, 0.15) is 5.75 Å². The molecule has 3 aromatic carbocycles. The largest absolute Gasteiger partial charge is 0.494 e. The highest BCUT2D eigenvalue weighted by Gasteiger charge is 2.14. The molecule has 1 N–H and O–H groups in total. The van der Waals surface area contributed by atoms with Crippen LogP contribution in [-0.4, -0.2) is 17.5 Å². The van der Waals surface area contributed by atoms with Gasteiger partial charge in [0.25, 0.3) is 5.91 Å². The van der Waals surface area contributed by atoms with Gasteiger partial charge in [0, 0.05) is 16.0 Å². The highest BCUT2D eigenvalue weighted by molar-refractivity contribution is 7.22. The summed E-state index contributed by atoms with van der Waals surface area (Å²) in [5.74, 6) is 0.590. The van der Waals surface area contributed by atoms with Crippen molar-refractivity contribution in [2.75, 3.05) is 11.9 Å². The fourth-order valence-electron chi connectivity index (χ4n) is 2.85. The highest BCUT2D eigenvalue weighted by atomic mass is 35.5. The van der Waals surface area contributed by atoms with Crippen LogP contribution in [0.15, 0.2) is 54.6 Å². The Bertz CT molecular complexity index is 1120. The molecule has 6 heteroatoms. The van der Waals surface area contributed by atoms with E-state index in [1.165, 1.54) is 11.3 Å². The van der Waals surface area contributed by atoms with Crippen molar-refractivity contribution in [3.63, 3.8) is 0 Å². The van der Waals surface area contributed by atoms with Crippen molar-refractivity contribution >= 4 is 55.0 Å². The number of anilines is 1. The van der Waals surface area contributed by atoms with E-state index in [2.05, 4.69) is 10.3 Å². The van der Waals surface area contributed by atoms with Gasteiger partial charge in [0.15, 0.2) is 5.13 Å². The topological polar surface area (TPSA) is 51.2 Å². The van der Waals surface area contributed by atoms with Crippen molar-refractivity contribution in [3.8, 4) is 5.75 Å². The molecule has 0 spiro atoms. The van der Waals surface area contributed by atoms with Crippen LogP contribution in [0.3, 0.4) is 0 Å². The Morgan fingerprint density at radius 3 is 2.81 bits per heavy atom. The number of rotatable bonds is 4. The predicted octanol–water partition coefficient (Wildman–Crippen LogP) is 5.75. The van der Waals surface area contributed by atoms with Crippen LogP contribution >= 0.6 is 22.9 Å². The van der Waals surface area contributed by atoms with Crippen molar-refractivity contribution in [2.24, 2.45) is 0 Å². The molecule has 4 aromatic rings. The summed E-state index contributed by atoms with van der Waals surface area (Å²) in [7, 11) is 0. The van der Waals surface area contributed by atoms with Gasteiger partial charge in [0.05, 0.1) is 16.8 Å². The lowest BCUT2D eigenvalue weighted by atomic mass is 10.0. The number of ether oxygens (including phenoxy) is 1. The van der Waals surface area contributed by atoms with Gasteiger partial charge in [0.2, 0.25) is 0 Å². The summed E-state index contributed by atoms with van der Waals surface area (Å²) in [4.78, 5) is 17.3. The number of carbonyl (C=O) groups is 1. The third-order valence-electron chi connectivity index (χ3n) is 4.00. The van der Waals surface area contributed by atoms with Crippen LogP contribution in [0.25, 0.3) is 21.0 Å². The number of fused-ring (bicyclic) bond motifs is 2. The molecule has 4 nitrogen and oxygen atoms in total. The van der Waals surface area contributed by atoms with Crippen molar-refractivity contribution in [1.82, 2.24) is 4.98 Å². The Kier molecular flexibility index (Phi) is 4.49. The number of aromatic nitrogens is 1. The molecule has 1 aromatic heterocycles. The molecule has 0 radical (unpaired) electrons. The second kappa shape index (κ2) is 6.94. The SMILES string of the molecule is CCOc1ccc2nc(NC(=O)c3cccc4c(Cl)cccc34)sc2c1. The molecule has 4 rings (SSSR count). The van der Waals surface area contributed by atoms with E-state index in [0.29, 0.717) is 22.3 Å². The maximum absolute atomic E-state index is 12.8. The second-order valence-corrected chi connectivity index (χ2v) is 7.11. The zero-order valence-corrected chi connectivity index (χ0v) is 15.5. The van der Waals surface area contributed by atoms with E-state index in [1.54, 1.807) is 6.07 Å². The van der Waals surface area contributed by atoms with E-state index >= 15 is 0 Å². The number of amides is 1. The van der Waals surface area contributed by atoms with E-state index in [9.17, 15) is 4.79 Å². The van der Waals surface area contributed by atoms with Crippen LogP contribution < -0.4 is 10.1 Å².